The molecule has 0 aliphatic carbocycles. The molecule has 2 N–H and O–H groups in total. The Morgan fingerprint density at radius 1 is 1.42 bits per heavy atom. The number of nitrogens with two attached hydrogens (primary N) is 1. The summed E-state index contributed by atoms with van der Waals surface area (Å²) in [4.78, 5) is 24.8. The molecular weight excluding hydrogens is 244 g/mol. The van der Waals surface area contributed by atoms with E-state index < -0.39 is 0 Å². The van der Waals surface area contributed by atoms with Crippen LogP contribution in [-0.2, 0) is 4.74 Å². The van der Waals surface area contributed by atoms with E-state index in [1.807, 2.05) is 0 Å². The van der Waals surface area contributed by atoms with Crippen LogP contribution < -0.4 is 10.6 Å². The van der Waals surface area contributed by atoms with Crippen molar-refractivity contribution in [2.75, 3.05) is 18.1 Å². The average Bonchev–Trinajstić information content (AvgIpc) is 2.39. The van der Waals surface area contributed by atoms with Crippen LogP contribution in [0, 0.1) is 0 Å². The van der Waals surface area contributed by atoms with E-state index in [9.17, 15) is 9.59 Å². The highest BCUT2D eigenvalue weighted by Crippen LogP contribution is 2.25. The third-order valence-corrected chi connectivity index (χ3v) is 3.29. The van der Waals surface area contributed by atoms with Crippen molar-refractivity contribution in [2.45, 2.75) is 25.8 Å². The Hall–Kier alpha value is -1.88. The van der Waals surface area contributed by atoms with Crippen molar-refractivity contribution in [3.05, 3.63) is 29.8 Å². The first kappa shape index (κ1) is 13.5. The van der Waals surface area contributed by atoms with Gasteiger partial charge in [0.2, 0.25) is 0 Å². The highest BCUT2D eigenvalue weighted by Gasteiger charge is 2.30. The molecule has 0 spiro atoms. The minimum absolute atomic E-state index is 0.00581. The van der Waals surface area contributed by atoms with Crippen molar-refractivity contribution >= 4 is 17.6 Å². The fourth-order valence-corrected chi connectivity index (χ4v) is 2.27. The molecule has 0 bridgehead atoms. The molecule has 102 valence electrons. The fraction of sp³-hybridized carbons (Fsp3) is 0.429. The van der Waals surface area contributed by atoms with Gasteiger partial charge in [0.1, 0.15) is 0 Å². The molecule has 1 aromatic rings. The van der Waals surface area contributed by atoms with Gasteiger partial charge in [-0.05, 0) is 44.2 Å². The number of rotatable bonds is 4. The average molecular weight is 262 g/mol. The molecule has 1 saturated heterocycles. The molecule has 5 nitrogen and oxygen atoms in total. The molecule has 1 aromatic carbocycles. The van der Waals surface area contributed by atoms with Crippen LogP contribution in [0.3, 0.4) is 0 Å². The van der Waals surface area contributed by atoms with Crippen LogP contribution in [0.4, 0.5) is 10.5 Å². The minimum Gasteiger partial charge on any atom is -0.449 e. The summed E-state index contributed by atoms with van der Waals surface area (Å²) in [7, 11) is 0. The fourth-order valence-electron chi connectivity index (χ4n) is 2.27. The number of hydrogen-bond acceptors (Lipinski definition) is 4. The monoisotopic (exact) mass is 262 g/mol. The Balaban J connectivity index is 2.25. The van der Waals surface area contributed by atoms with Crippen molar-refractivity contribution in [3.63, 3.8) is 0 Å². The van der Waals surface area contributed by atoms with Gasteiger partial charge in [-0.15, -0.1) is 0 Å². The van der Waals surface area contributed by atoms with Crippen LogP contribution in [-0.4, -0.2) is 31.1 Å². The van der Waals surface area contributed by atoms with Gasteiger partial charge in [-0.3, -0.25) is 9.69 Å². The SMILES string of the molecule is CC(=O)c1ccc(N2C(=O)OCCC2CCN)cc1. The van der Waals surface area contributed by atoms with Crippen LogP contribution in [0.15, 0.2) is 24.3 Å². The van der Waals surface area contributed by atoms with Crippen molar-refractivity contribution < 1.29 is 14.3 Å². The maximum Gasteiger partial charge on any atom is 0.414 e. The lowest BCUT2D eigenvalue weighted by molar-refractivity contribution is 0.101. The zero-order valence-electron chi connectivity index (χ0n) is 11.0. The number of hydrogen-bond donors (Lipinski definition) is 1. The van der Waals surface area contributed by atoms with Crippen molar-refractivity contribution in [1.82, 2.24) is 0 Å². The van der Waals surface area contributed by atoms with Gasteiger partial charge in [-0.25, -0.2) is 4.79 Å². The number of anilines is 1. The van der Waals surface area contributed by atoms with E-state index >= 15 is 0 Å². The second-order valence-corrected chi connectivity index (χ2v) is 4.61. The molecule has 19 heavy (non-hydrogen) atoms. The number of cyclic esters (lactones) is 1. The summed E-state index contributed by atoms with van der Waals surface area (Å²) in [6.45, 7) is 2.48. The van der Waals surface area contributed by atoms with Crippen LogP contribution in [0.25, 0.3) is 0 Å². The van der Waals surface area contributed by atoms with Crippen LogP contribution in [0.5, 0.6) is 0 Å². The number of carbonyl (C=O) groups is 2. The largest absolute Gasteiger partial charge is 0.449 e. The number of carbonyl (C=O) groups excluding carboxylic acids is 2. The lowest BCUT2D eigenvalue weighted by atomic mass is 10.1. The zero-order chi connectivity index (χ0) is 13.8. The highest BCUT2D eigenvalue weighted by molar-refractivity contribution is 5.95. The third kappa shape index (κ3) is 2.93. The molecule has 1 atom stereocenters. The lowest BCUT2D eigenvalue weighted by Crippen LogP contribution is -2.46. The number of amides is 1. The Kier molecular flexibility index (Phi) is 4.16. The molecular formula is C14H18N2O3. The molecule has 1 heterocycles. The summed E-state index contributed by atoms with van der Waals surface area (Å²) in [5.41, 5.74) is 6.96. The summed E-state index contributed by atoms with van der Waals surface area (Å²) in [5.74, 6) is 0.00581. The molecule has 1 unspecified atom stereocenters. The van der Waals surface area contributed by atoms with E-state index in [0.29, 0.717) is 18.7 Å². The zero-order valence-corrected chi connectivity index (χ0v) is 11.0. The number of ketones is 1. The van der Waals surface area contributed by atoms with Gasteiger partial charge >= 0.3 is 6.09 Å². The predicted octanol–water partition coefficient (Wildman–Crippen LogP) is 1.95. The van der Waals surface area contributed by atoms with Gasteiger partial charge < -0.3 is 10.5 Å². The van der Waals surface area contributed by atoms with E-state index in [0.717, 1.165) is 18.5 Å². The summed E-state index contributed by atoms with van der Waals surface area (Å²) < 4.78 is 5.08. The van der Waals surface area contributed by atoms with Gasteiger partial charge in [0.15, 0.2) is 5.78 Å². The number of benzene rings is 1. The van der Waals surface area contributed by atoms with Gasteiger partial charge in [-0.2, -0.15) is 0 Å². The van der Waals surface area contributed by atoms with Gasteiger partial charge in [0.05, 0.1) is 6.61 Å². The number of nitrogens with zero attached hydrogens (tertiary/aromatic N) is 1. The summed E-state index contributed by atoms with van der Waals surface area (Å²) >= 11 is 0. The minimum atomic E-state index is -0.347. The Labute approximate surface area is 112 Å². The van der Waals surface area contributed by atoms with E-state index in [-0.39, 0.29) is 17.9 Å². The predicted molar refractivity (Wildman–Crippen MR) is 72.3 cm³/mol. The topological polar surface area (TPSA) is 72.6 Å². The first-order chi connectivity index (χ1) is 9.13. The maximum absolute atomic E-state index is 11.9. The quantitative estimate of drug-likeness (QED) is 0.842. The smallest absolute Gasteiger partial charge is 0.414 e. The van der Waals surface area contributed by atoms with Crippen LogP contribution >= 0.6 is 0 Å². The molecule has 0 radical (unpaired) electrons. The Morgan fingerprint density at radius 2 is 2.11 bits per heavy atom. The molecule has 0 aromatic heterocycles. The molecule has 2 rings (SSSR count). The van der Waals surface area contributed by atoms with E-state index in [2.05, 4.69) is 0 Å². The summed E-state index contributed by atoms with van der Waals surface area (Å²) in [5, 5.41) is 0. The first-order valence-electron chi connectivity index (χ1n) is 6.40. The second-order valence-electron chi connectivity index (χ2n) is 4.61. The molecule has 0 saturated carbocycles. The molecule has 1 aliphatic heterocycles. The van der Waals surface area contributed by atoms with Gasteiger partial charge in [0.25, 0.3) is 0 Å². The van der Waals surface area contributed by atoms with Crippen LogP contribution in [0.2, 0.25) is 0 Å². The third-order valence-electron chi connectivity index (χ3n) is 3.29. The first-order valence-corrected chi connectivity index (χ1v) is 6.40. The summed E-state index contributed by atoms with van der Waals surface area (Å²) in [6, 6.07) is 7.05. The standard InChI is InChI=1S/C14H18N2O3/c1-10(17)11-2-4-12(5-3-11)16-13(6-8-15)7-9-19-14(16)18/h2-5,13H,6-9,15H2,1H3. The lowest BCUT2D eigenvalue weighted by Gasteiger charge is -2.34. The van der Waals surface area contributed by atoms with E-state index in [4.69, 9.17) is 10.5 Å². The van der Waals surface area contributed by atoms with Gasteiger partial charge in [-0.1, -0.05) is 0 Å². The Morgan fingerprint density at radius 3 is 2.68 bits per heavy atom. The molecule has 1 aliphatic rings. The maximum atomic E-state index is 11.9. The summed E-state index contributed by atoms with van der Waals surface area (Å²) in [6.07, 6.45) is 1.17. The van der Waals surface area contributed by atoms with Crippen molar-refractivity contribution in [1.29, 1.82) is 0 Å². The molecule has 5 heteroatoms. The van der Waals surface area contributed by atoms with Gasteiger partial charge in [0, 0.05) is 23.7 Å². The van der Waals surface area contributed by atoms with Crippen molar-refractivity contribution in [3.8, 4) is 0 Å². The number of Topliss-reactive ketones (excluding diaryl/α,β-unsaturated/α-hetero) is 1. The number of ether oxygens (including phenoxy) is 1. The molecule has 1 amide bonds. The van der Waals surface area contributed by atoms with E-state index in [1.165, 1.54) is 6.92 Å². The normalized spacial score (nSPS) is 19.2. The van der Waals surface area contributed by atoms with Crippen LogP contribution in [0.1, 0.15) is 30.1 Å². The molecule has 1 fully saturated rings. The van der Waals surface area contributed by atoms with Crippen molar-refractivity contribution in [2.24, 2.45) is 5.73 Å². The highest BCUT2D eigenvalue weighted by atomic mass is 16.6. The van der Waals surface area contributed by atoms with E-state index in [1.54, 1.807) is 29.2 Å². The Bertz CT molecular complexity index is 468. The second kappa shape index (κ2) is 5.84.